The Morgan fingerprint density at radius 3 is 2.10 bits per heavy atom. The summed E-state index contributed by atoms with van der Waals surface area (Å²) in [5.41, 5.74) is 1.25. The molecule has 2 heteroatoms. The third kappa shape index (κ3) is 7.61. The third-order valence-corrected chi connectivity index (χ3v) is 4.24. The molecule has 0 fully saturated rings. The molecule has 1 nitrogen and oxygen atoms in total. The first-order chi connectivity index (χ1) is 10.0. The van der Waals surface area contributed by atoms with E-state index in [0.29, 0.717) is 11.8 Å². The standard InChI is InChI=1S/C19H32FN/c1-5-16(6-2)11-18(14-21-13-15(3)4)12-17-7-9-19(20)10-8-17/h7-10,15-16,18,21H,5-6,11-14H2,1-4H3. The second-order valence-corrected chi connectivity index (χ2v) is 6.67. The fourth-order valence-corrected chi connectivity index (χ4v) is 2.86. The van der Waals surface area contributed by atoms with E-state index in [1.807, 2.05) is 12.1 Å². The minimum atomic E-state index is -0.145. The molecule has 120 valence electrons. The molecule has 0 aromatic heterocycles. The summed E-state index contributed by atoms with van der Waals surface area (Å²) in [5.74, 6) is 1.98. The van der Waals surface area contributed by atoms with Crippen LogP contribution < -0.4 is 5.32 Å². The number of hydrogen-bond acceptors (Lipinski definition) is 1. The lowest BCUT2D eigenvalue weighted by Gasteiger charge is -2.23. The lowest BCUT2D eigenvalue weighted by Crippen LogP contribution is -2.28. The van der Waals surface area contributed by atoms with E-state index < -0.39 is 0 Å². The highest BCUT2D eigenvalue weighted by Crippen LogP contribution is 2.22. The molecule has 0 bridgehead atoms. The van der Waals surface area contributed by atoms with E-state index >= 15 is 0 Å². The fourth-order valence-electron chi connectivity index (χ4n) is 2.86. The van der Waals surface area contributed by atoms with Crippen molar-refractivity contribution in [3.05, 3.63) is 35.6 Å². The molecular weight excluding hydrogens is 261 g/mol. The first kappa shape index (κ1) is 18.2. The van der Waals surface area contributed by atoms with Crippen molar-refractivity contribution in [3.63, 3.8) is 0 Å². The van der Waals surface area contributed by atoms with Gasteiger partial charge in [0.05, 0.1) is 0 Å². The van der Waals surface area contributed by atoms with Crippen molar-refractivity contribution in [1.82, 2.24) is 5.32 Å². The van der Waals surface area contributed by atoms with Gasteiger partial charge in [-0.1, -0.05) is 52.7 Å². The lowest BCUT2D eigenvalue weighted by atomic mass is 9.86. The summed E-state index contributed by atoms with van der Waals surface area (Å²) in [5, 5.41) is 3.60. The second-order valence-electron chi connectivity index (χ2n) is 6.67. The smallest absolute Gasteiger partial charge is 0.123 e. The van der Waals surface area contributed by atoms with E-state index in [-0.39, 0.29) is 5.82 Å². The molecule has 0 aliphatic rings. The van der Waals surface area contributed by atoms with Crippen LogP contribution in [-0.4, -0.2) is 13.1 Å². The van der Waals surface area contributed by atoms with Crippen LogP contribution >= 0.6 is 0 Å². The number of hydrogen-bond donors (Lipinski definition) is 1. The molecule has 0 aliphatic carbocycles. The van der Waals surface area contributed by atoms with Gasteiger partial charge in [0.1, 0.15) is 5.82 Å². The van der Waals surface area contributed by atoms with Crippen LogP contribution in [0.15, 0.2) is 24.3 Å². The van der Waals surface area contributed by atoms with E-state index in [1.54, 1.807) is 12.1 Å². The summed E-state index contributed by atoms with van der Waals surface area (Å²) < 4.78 is 13.0. The summed E-state index contributed by atoms with van der Waals surface area (Å²) in [7, 11) is 0. The molecule has 0 saturated heterocycles. The van der Waals surface area contributed by atoms with Crippen molar-refractivity contribution >= 4 is 0 Å². The van der Waals surface area contributed by atoms with E-state index in [9.17, 15) is 4.39 Å². The molecule has 0 spiro atoms. The normalized spacial score (nSPS) is 13.1. The van der Waals surface area contributed by atoms with Crippen LogP contribution in [0.2, 0.25) is 0 Å². The molecule has 1 atom stereocenters. The molecule has 0 radical (unpaired) electrons. The van der Waals surface area contributed by atoms with Crippen LogP contribution in [0.4, 0.5) is 4.39 Å². The first-order valence-corrected chi connectivity index (χ1v) is 8.50. The van der Waals surface area contributed by atoms with Gasteiger partial charge >= 0.3 is 0 Å². The van der Waals surface area contributed by atoms with Crippen LogP contribution in [-0.2, 0) is 6.42 Å². The Bertz CT molecular complexity index is 368. The molecule has 1 rings (SSSR count). The van der Waals surface area contributed by atoms with Gasteiger partial charge in [0.15, 0.2) is 0 Å². The highest BCUT2D eigenvalue weighted by Gasteiger charge is 2.15. The first-order valence-electron chi connectivity index (χ1n) is 8.50. The molecule has 0 heterocycles. The van der Waals surface area contributed by atoms with Gasteiger partial charge < -0.3 is 5.32 Å². The van der Waals surface area contributed by atoms with Crippen molar-refractivity contribution in [2.24, 2.45) is 17.8 Å². The predicted octanol–water partition coefficient (Wildman–Crippen LogP) is 5.06. The lowest BCUT2D eigenvalue weighted by molar-refractivity contribution is 0.333. The predicted molar refractivity (Wildman–Crippen MR) is 90.0 cm³/mol. The molecule has 1 N–H and O–H groups in total. The molecular formula is C19H32FN. The quantitative estimate of drug-likeness (QED) is 0.636. The Kier molecular flexibility index (Phi) is 8.60. The van der Waals surface area contributed by atoms with Crippen molar-refractivity contribution in [3.8, 4) is 0 Å². The van der Waals surface area contributed by atoms with E-state index in [2.05, 4.69) is 33.0 Å². The zero-order chi connectivity index (χ0) is 15.7. The van der Waals surface area contributed by atoms with Crippen molar-refractivity contribution in [2.75, 3.05) is 13.1 Å². The van der Waals surface area contributed by atoms with Gasteiger partial charge in [-0.25, -0.2) is 4.39 Å². The summed E-state index contributed by atoms with van der Waals surface area (Å²) in [6, 6.07) is 7.01. The molecule has 0 amide bonds. The average Bonchev–Trinajstić information content (AvgIpc) is 2.46. The van der Waals surface area contributed by atoms with E-state index in [4.69, 9.17) is 0 Å². The third-order valence-electron chi connectivity index (χ3n) is 4.24. The van der Waals surface area contributed by atoms with Gasteiger partial charge in [0.25, 0.3) is 0 Å². The van der Waals surface area contributed by atoms with Crippen LogP contribution in [0.5, 0.6) is 0 Å². The molecule has 1 aromatic rings. The number of halogens is 1. The van der Waals surface area contributed by atoms with Gasteiger partial charge in [0.2, 0.25) is 0 Å². The van der Waals surface area contributed by atoms with Gasteiger partial charge in [0, 0.05) is 0 Å². The van der Waals surface area contributed by atoms with Crippen molar-refractivity contribution in [2.45, 2.75) is 53.4 Å². The number of rotatable bonds is 10. The average molecular weight is 293 g/mol. The number of nitrogens with one attached hydrogen (secondary N) is 1. The van der Waals surface area contributed by atoms with Crippen LogP contribution in [0.1, 0.15) is 52.5 Å². The van der Waals surface area contributed by atoms with E-state index in [1.165, 1.54) is 24.8 Å². The Morgan fingerprint density at radius 2 is 1.57 bits per heavy atom. The van der Waals surface area contributed by atoms with Gasteiger partial charge in [-0.15, -0.1) is 0 Å². The largest absolute Gasteiger partial charge is 0.316 e. The maximum absolute atomic E-state index is 13.0. The Balaban J connectivity index is 2.59. The molecule has 0 aliphatic heterocycles. The zero-order valence-electron chi connectivity index (χ0n) is 14.2. The Labute approximate surface area is 130 Å². The van der Waals surface area contributed by atoms with Crippen LogP contribution in [0.25, 0.3) is 0 Å². The Hall–Kier alpha value is -0.890. The summed E-state index contributed by atoms with van der Waals surface area (Å²) in [4.78, 5) is 0. The highest BCUT2D eigenvalue weighted by molar-refractivity contribution is 5.16. The van der Waals surface area contributed by atoms with Crippen LogP contribution in [0, 0.1) is 23.6 Å². The SMILES string of the molecule is CCC(CC)CC(CNCC(C)C)Cc1ccc(F)cc1. The molecule has 21 heavy (non-hydrogen) atoms. The second kappa shape index (κ2) is 9.94. The maximum Gasteiger partial charge on any atom is 0.123 e. The summed E-state index contributed by atoms with van der Waals surface area (Å²) >= 11 is 0. The fraction of sp³-hybridized carbons (Fsp3) is 0.684. The zero-order valence-corrected chi connectivity index (χ0v) is 14.2. The maximum atomic E-state index is 13.0. The van der Waals surface area contributed by atoms with Crippen molar-refractivity contribution < 1.29 is 4.39 Å². The Morgan fingerprint density at radius 1 is 0.952 bits per heavy atom. The minimum Gasteiger partial charge on any atom is -0.316 e. The van der Waals surface area contributed by atoms with Crippen molar-refractivity contribution in [1.29, 1.82) is 0 Å². The highest BCUT2D eigenvalue weighted by atomic mass is 19.1. The van der Waals surface area contributed by atoms with Gasteiger partial charge in [-0.2, -0.15) is 0 Å². The van der Waals surface area contributed by atoms with E-state index in [0.717, 1.165) is 25.4 Å². The summed E-state index contributed by atoms with van der Waals surface area (Å²) in [6.45, 7) is 11.2. The molecule has 1 unspecified atom stereocenters. The topological polar surface area (TPSA) is 12.0 Å². The molecule has 1 aromatic carbocycles. The van der Waals surface area contributed by atoms with Gasteiger partial charge in [-0.05, 0) is 61.4 Å². The number of benzene rings is 1. The summed E-state index contributed by atoms with van der Waals surface area (Å²) in [6.07, 6.45) is 4.80. The minimum absolute atomic E-state index is 0.145. The van der Waals surface area contributed by atoms with Gasteiger partial charge in [-0.3, -0.25) is 0 Å². The molecule has 0 saturated carbocycles. The van der Waals surface area contributed by atoms with Crippen LogP contribution in [0.3, 0.4) is 0 Å². The monoisotopic (exact) mass is 293 g/mol.